The summed E-state index contributed by atoms with van der Waals surface area (Å²) in [5.41, 5.74) is 2.66. The van der Waals surface area contributed by atoms with E-state index >= 15 is 0 Å². The Morgan fingerprint density at radius 1 is 1.14 bits per heavy atom. The molecule has 3 rings (SSSR count). The van der Waals surface area contributed by atoms with Crippen LogP contribution < -0.4 is 10.6 Å². The summed E-state index contributed by atoms with van der Waals surface area (Å²) in [6.07, 6.45) is 5.79. The van der Waals surface area contributed by atoms with Gasteiger partial charge in [0, 0.05) is 45.3 Å². The van der Waals surface area contributed by atoms with E-state index in [0.717, 1.165) is 45.0 Å². The van der Waals surface area contributed by atoms with E-state index in [1.54, 1.807) is 7.05 Å². The molecule has 0 amide bonds. The lowest BCUT2D eigenvalue weighted by atomic mass is 9.84. The molecule has 6 nitrogen and oxygen atoms in total. The number of likely N-dealkylation sites (tertiary alicyclic amines) is 1. The van der Waals surface area contributed by atoms with E-state index in [-0.39, 0.29) is 12.0 Å². The maximum Gasteiger partial charge on any atom is 0.191 e. The summed E-state index contributed by atoms with van der Waals surface area (Å²) in [7, 11) is 1.79. The molecule has 0 aromatic heterocycles. The van der Waals surface area contributed by atoms with Gasteiger partial charge in [-0.2, -0.15) is 0 Å². The number of aliphatic imine (C=N–C) groups is 1. The number of benzene rings is 1. The number of guanidine groups is 1. The van der Waals surface area contributed by atoms with Crippen molar-refractivity contribution in [1.29, 1.82) is 0 Å². The van der Waals surface area contributed by atoms with Crippen molar-refractivity contribution in [3.05, 3.63) is 35.4 Å². The summed E-state index contributed by atoms with van der Waals surface area (Å²) in [6, 6.07) is 8.90. The fourth-order valence-electron chi connectivity index (χ4n) is 4.13. The van der Waals surface area contributed by atoms with Crippen LogP contribution in [0.15, 0.2) is 29.3 Å². The van der Waals surface area contributed by atoms with Crippen molar-refractivity contribution in [3.8, 4) is 0 Å². The zero-order valence-electron chi connectivity index (χ0n) is 17.3. The van der Waals surface area contributed by atoms with Gasteiger partial charge in [0.25, 0.3) is 0 Å². The Balaban J connectivity index is 1.44. The second-order valence-corrected chi connectivity index (χ2v) is 8.21. The summed E-state index contributed by atoms with van der Waals surface area (Å²) in [6.45, 7) is 6.71. The molecule has 2 saturated heterocycles. The smallest absolute Gasteiger partial charge is 0.191 e. The molecule has 1 atom stereocenters. The molecule has 0 bridgehead atoms. The molecule has 2 aliphatic rings. The molecule has 2 aliphatic heterocycles. The van der Waals surface area contributed by atoms with Gasteiger partial charge in [0.1, 0.15) is 0 Å². The number of nitrogens with one attached hydrogen (secondary N) is 2. The van der Waals surface area contributed by atoms with Gasteiger partial charge < -0.3 is 20.5 Å². The monoisotopic (exact) mass is 388 g/mol. The third-order valence-corrected chi connectivity index (χ3v) is 6.02. The zero-order valence-corrected chi connectivity index (χ0v) is 17.3. The summed E-state index contributed by atoms with van der Waals surface area (Å²) < 4.78 is 5.56. The Morgan fingerprint density at radius 2 is 1.89 bits per heavy atom. The van der Waals surface area contributed by atoms with Crippen molar-refractivity contribution in [3.63, 3.8) is 0 Å². The molecular formula is C22H36N4O2. The normalized spacial score (nSPS) is 23.7. The Hall–Kier alpha value is -1.63. The van der Waals surface area contributed by atoms with Crippen LogP contribution >= 0.6 is 0 Å². The molecule has 1 unspecified atom stereocenters. The van der Waals surface area contributed by atoms with Gasteiger partial charge in [-0.15, -0.1) is 0 Å². The number of piperidine rings is 1. The molecule has 0 aliphatic carbocycles. The molecule has 3 N–H and O–H groups in total. The third-order valence-electron chi connectivity index (χ3n) is 6.02. The first kappa shape index (κ1) is 21.1. The van der Waals surface area contributed by atoms with Gasteiger partial charge in [0.15, 0.2) is 5.96 Å². The molecule has 0 spiro atoms. The Morgan fingerprint density at radius 3 is 2.54 bits per heavy atom. The fourth-order valence-corrected chi connectivity index (χ4v) is 4.13. The minimum Gasteiger partial charge on any atom is -0.396 e. The lowest BCUT2D eigenvalue weighted by Crippen LogP contribution is -2.44. The highest BCUT2D eigenvalue weighted by Crippen LogP contribution is 2.31. The van der Waals surface area contributed by atoms with Crippen molar-refractivity contribution in [2.45, 2.75) is 45.2 Å². The highest BCUT2D eigenvalue weighted by atomic mass is 16.5. The van der Waals surface area contributed by atoms with Crippen molar-refractivity contribution < 1.29 is 9.84 Å². The van der Waals surface area contributed by atoms with Crippen LogP contribution in [0.2, 0.25) is 0 Å². The van der Waals surface area contributed by atoms with Crippen LogP contribution in [-0.2, 0) is 17.8 Å². The second-order valence-electron chi connectivity index (χ2n) is 8.21. The average Bonchev–Trinajstić information content (AvgIpc) is 3.19. The molecule has 1 aromatic carbocycles. The summed E-state index contributed by atoms with van der Waals surface area (Å²) in [4.78, 5) is 6.89. The van der Waals surface area contributed by atoms with E-state index in [1.807, 2.05) is 0 Å². The van der Waals surface area contributed by atoms with Crippen LogP contribution in [0.3, 0.4) is 0 Å². The van der Waals surface area contributed by atoms with Gasteiger partial charge in [-0.25, -0.2) is 0 Å². The second kappa shape index (κ2) is 10.8. The van der Waals surface area contributed by atoms with Gasteiger partial charge in [0.2, 0.25) is 0 Å². The van der Waals surface area contributed by atoms with E-state index in [9.17, 15) is 5.11 Å². The first-order chi connectivity index (χ1) is 13.7. The first-order valence-electron chi connectivity index (χ1n) is 10.7. The van der Waals surface area contributed by atoms with E-state index in [0.29, 0.717) is 6.61 Å². The number of ether oxygens (including phenoxy) is 1. The van der Waals surface area contributed by atoms with Gasteiger partial charge in [0.05, 0.1) is 6.61 Å². The predicted molar refractivity (Wildman–Crippen MR) is 113 cm³/mol. The number of aliphatic hydroxyl groups excluding tert-OH is 1. The van der Waals surface area contributed by atoms with E-state index < -0.39 is 0 Å². The van der Waals surface area contributed by atoms with Crippen LogP contribution in [0, 0.1) is 5.41 Å². The van der Waals surface area contributed by atoms with E-state index in [1.165, 1.54) is 43.5 Å². The standard InChI is InChI=1S/C22H36N4O2/c1-23-21(25-17-22(9-13-27)10-14-28-18-22)24-15-19-5-7-20(8-6-19)16-26-11-3-2-4-12-26/h5-8,27H,2-4,9-18H2,1H3,(H2,23,24,25). The van der Waals surface area contributed by atoms with E-state index in [2.05, 4.69) is 44.8 Å². The van der Waals surface area contributed by atoms with Crippen molar-refractivity contribution >= 4 is 5.96 Å². The van der Waals surface area contributed by atoms with Crippen LogP contribution in [0.1, 0.15) is 43.2 Å². The van der Waals surface area contributed by atoms with Crippen LogP contribution in [0.5, 0.6) is 0 Å². The summed E-state index contributed by atoms with van der Waals surface area (Å²) in [5, 5.41) is 16.2. The van der Waals surface area contributed by atoms with E-state index in [4.69, 9.17) is 4.74 Å². The number of nitrogens with zero attached hydrogens (tertiary/aromatic N) is 2. The highest BCUT2D eigenvalue weighted by molar-refractivity contribution is 5.79. The molecule has 0 radical (unpaired) electrons. The SMILES string of the molecule is CN=C(NCc1ccc(CN2CCCCC2)cc1)NCC1(CCO)CCOC1. The Bertz CT molecular complexity index is 605. The molecular weight excluding hydrogens is 352 g/mol. The molecule has 2 heterocycles. The molecule has 0 saturated carbocycles. The first-order valence-corrected chi connectivity index (χ1v) is 10.7. The Labute approximate surface area is 169 Å². The minimum atomic E-state index is 0.0163. The number of aliphatic hydroxyl groups is 1. The molecule has 1 aromatic rings. The van der Waals surface area contributed by atoms with Gasteiger partial charge in [-0.1, -0.05) is 30.7 Å². The van der Waals surface area contributed by atoms with Crippen LogP contribution in [0.4, 0.5) is 0 Å². The lowest BCUT2D eigenvalue weighted by Gasteiger charge is -2.27. The molecule has 2 fully saturated rings. The van der Waals surface area contributed by atoms with Crippen LogP contribution in [-0.4, -0.2) is 62.5 Å². The third kappa shape index (κ3) is 6.19. The summed E-state index contributed by atoms with van der Waals surface area (Å²) in [5.74, 6) is 0.793. The van der Waals surface area contributed by atoms with Gasteiger partial charge in [-0.05, 0) is 49.9 Å². The number of hydrogen-bond acceptors (Lipinski definition) is 4. The lowest BCUT2D eigenvalue weighted by molar-refractivity contribution is 0.127. The number of hydrogen-bond donors (Lipinski definition) is 3. The molecule has 6 heteroatoms. The zero-order chi connectivity index (χ0) is 19.7. The van der Waals surface area contributed by atoms with Crippen molar-refractivity contribution in [2.24, 2.45) is 10.4 Å². The van der Waals surface area contributed by atoms with Gasteiger partial charge >= 0.3 is 0 Å². The maximum absolute atomic E-state index is 9.36. The van der Waals surface area contributed by atoms with Crippen LogP contribution in [0.25, 0.3) is 0 Å². The Kier molecular flexibility index (Phi) is 8.13. The van der Waals surface area contributed by atoms with Crippen molar-refractivity contribution in [2.75, 3.05) is 46.5 Å². The van der Waals surface area contributed by atoms with Crippen molar-refractivity contribution in [1.82, 2.24) is 15.5 Å². The highest BCUT2D eigenvalue weighted by Gasteiger charge is 2.34. The average molecular weight is 389 g/mol. The largest absolute Gasteiger partial charge is 0.396 e. The number of rotatable bonds is 8. The predicted octanol–water partition coefficient (Wildman–Crippen LogP) is 2.13. The minimum absolute atomic E-state index is 0.0163. The quantitative estimate of drug-likeness (QED) is 0.470. The topological polar surface area (TPSA) is 69.1 Å². The van der Waals surface area contributed by atoms with Gasteiger partial charge in [-0.3, -0.25) is 9.89 Å². The maximum atomic E-state index is 9.36. The summed E-state index contributed by atoms with van der Waals surface area (Å²) >= 11 is 0. The fraction of sp³-hybridized carbons (Fsp3) is 0.682. The molecule has 28 heavy (non-hydrogen) atoms. The molecule has 156 valence electrons.